The molecule has 0 bridgehead atoms. The van der Waals surface area contributed by atoms with E-state index in [2.05, 4.69) is 10.4 Å². The molecule has 5 nitrogen and oxygen atoms in total. The zero-order chi connectivity index (χ0) is 17.1. The summed E-state index contributed by atoms with van der Waals surface area (Å²) in [5, 5.41) is 7.32. The lowest BCUT2D eigenvalue weighted by molar-refractivity contribution is -0.120. The van der Waals surface area contributed by atoms with Gasteiger partial charge in [-0.3, -0.25) is 4.79 Å². The number of aryl methyl sites for hydroxylation is 1. The number of para-hydroxylation sites is 1. The van der Waals surface area contributed by atoms with Gasteiger partial charge in [0, 0.05) is 24.4 Å². The van der Waals surface area contributed by atoms with Gasteiger partial charge in [-0.05, 0) is 38.8 Å². The third kappa shape index (κ3) is 3.48. The van der Waals surface area contributed by atoms with Crippen molar-refractivity contribution in [2.24, 2.45) is 0 Å². The quantitative estimate of drug-likeness (QED) is 0.916. The van der Waals surface area contributed by atoms with E-state index in [4.69, 9.17) is 4.74 Å². The first kappa shape index (κ1) is 16.6. The minimum absolute atomic E-state index is 0.0650. The van der Waals surface area contributed by atoms with Crippen LogP contribution in [0.3, 0.4) is 0 Å². The Labute approximate surface area is 140 Å². The first-order valence-corrected chi connectivity index (χ1v) is 8.24. The number of hydrogen-bond donors (Lipinski definition) is 1. The Morgan fingerprint density at radius 1 is 1.42 bits per heavy atom. The summed E-state index contributed by atoms with van der Waals surface area (Å²) in [6.07, 6.45) is 2.40. The Morgan fingerprint density at radius 2 is 2.21 bits per heavy atom. The van der Waals surface area contributed by atoms with Crippen LogP contribution >= 0.6 is 0 Å². The Bertz CT molecular complexity index is 736. The molecular weight excluding hydrogens is 309 g/mol. The Kier molecular flexibility index (Phi) is 4.94. The average Bonchev–Trinajstić information content (AvgIpc) is 3.17. The molecule has 2 aromatic rings. The topological polar surface area (TPSA) is 56.2 Å². The van der Waals surface area contributed by atoms with Gasteiger partial charge in [-0.25, -0.2) is 9.07 Å². The van der Waals surface area contributed by atoms with Crippen LogP contribution in [-0.2, 0) is 16.0 Å². The molecule has 0 unspecified atom stereocenters. The molecule has 1 aliphatic rings. The van der Waals surface area contributed by atoms with E-state index in [1.54, 1.807) is 22.9 Å². The van der Waals surface area contributed by atoms with Gasteiger partial charge in [-0.15, -0.1) is 0 Å². The van der Waals surface area contributed by atoms with Crippen molar-refractivity contribution in [2.45, 2.75) is 39.2 Å². The van der Waals surface area contributed by atoms with Crippen LogP contribution < -0.4 is 5.32 Å². The van der Waals surface area contributed by atoms with E-state index in [0.29, 0.717) is 12.2 Å². The standard InChI is InChI=1S/C18H22FN3O2/c1-12-15(10-18(23)20-11-14-6-5-9-24-14)13(2)22(21-12)17-8-4-3-7-16(17)19/h3-4,7-8,14H,5-6,9-11H2,1-2H3,(H,20,23)/t14-/m1/s1. The summed E-state index contributed by atoms with van der Waals surface area (Å²) in [5.41, 5.74) is 2.75. The highest BCUT2D eigenvalue weighted by Gasteiger charge is 2.19. The van der Waals surface area contributed by atoms with Gasteiger partial charge in [-0.1, -0.05) is 12.1 Å². The van der Waals surface area contributed by atoms with Crippen LogP contribution in [0, 0.1) is 19.7 Å². The van der Waals surface area contributed by atoms with Gasteiger partial charge < -0.3 is 10.1 Å². The molecule has 1 fully saturated rings. The molecule has 1 amide bonds. The fraction of sp³-hybridized carbons (Fsp3) is 0.444. The van der Waals surface area contributed by atoms with E-state index in [-0.39, 0.29) is 24.2 Å². The molecule has 1 N–H and O–H groups in total. The van der Waals surface area contributed by atoms with Crippen molar-refractivity contribution in [2.75, 3.05) is 13.2 Å². The fourth-order valence-electron chi connectivity index (χ4n) is 3.04. The first-order chi connectivity index (χ1) is 11.6. The van der Waals surface area contributed by atoms with Crippen molar-refractivity contribution in [1.29, 1.82) is 0 Å². The number of halogens is 1. The molecule has 0 aliphatic carbocycles. The number of nitrogens with one attached hydrogen (secondary N) is 1. The van der Waals surface area contributed by atoms with Gasteiger partial charge in [0.2, 0.25) is 5.91 Å². The molecule has 1 aromatic carbocycles. The Balaban J connectivity index is 1.72. The normalized spacial score (nSPS) is 17.2. The zero-order valence-electron chi connectivity index (χ0n) is 14.0. The lowest BCUT2D eigenvalue weighted by atomic mass is 10.1. The van der Waals surface area contributed by atoms with Crippen LogP contribution in [0.2, 0.25) is 0 Å². The molecule has 6 heteroatoms. The number of rotatable bonds is 5. The molecule has 1 saturated heterocycles. The highest BCUT2D eigenvalue weighted by Crippen LogP contribution is 2.20. The molecule has 0 spiro atoms. The van der Waals surface area contributed by atoms with Crippen LogP contribution in [0.15, 0.2) is 24.3 Å². The van der Waals surface area contributed by atoms with Crippen molar-refractivity contribution >= 4 is 5.91 Å². The molecule has 128 valence electrons. The number of nitrogens with zero attached hydrogens (tertiary/aromatic N) is 2. The van der Waals surface area contributed by atoms with E-state index in [1.807, 2.05) is 13.8 Å². The number of carbonyl (C=O) groups is 1. The summed E-state index contributed by atoms with van der Waals surface area (Å²) in [6.45, 7) is 5.01. The molecule has 3 rings (SSSR count). The highest BCUT2D eigenvalue weighted by molar-refractivity contribution is 5.79. The zero-order valence-corrected chi connectivity index (χ0v) is 14.0. The van der Waals surface area contributed by atoms with Crippen LogP contribution in [0.5, 0.6) is 0 Å². The summed E-state index contributed by atoms with van der Waals surface area (Å²) < 4.78 is 21.1. The first-order valence-electron chi connectivity index (χ1n) is 8.24. The van der Waals surface area contributed by atoms with E-state index < -0.39 is 0 Å². The summed E-state index contributed by atoms with van der Waals surface area (Å²) in [5.74, 6) is -0.401. The summed E-state index contributed by atoms with van der Waals surface area (Å²) in [7, 11) is 0. The third-order valence-corrected chi connectivity index (χ3v) is 4.41. The van der Waals surface area contributed by atoms with Gasteiger partial charge in [-0.2, -0.15) is 5.10 Å². The summed E-state index contributed by atoms with van der Waals surface area (Å²) in [4.78, 5) is 12.2. The number of carbonyl (C=O) groups excluding carboxylic acids is 1. The highest BCUT2D eigenvalue weighted by atomic mass is 19.1. The lowest BCUT2D eigenvalue weighted by Crippen LogP contribution is -2.33. The maximum absolute atomic E-state index is 14.0. The second-order valence-electron chi connectivity index (χ2n) is 6.13. The molecular formula is C18H22FN3O2. The molecule has 24 heavy (non-hydrogen) atoms. The van der Waals surface area contributed by atoms with Crippen LogP contribution in [0.25, 0.3) is 5.69 Å². The number of aromatic nitrogens is 2. The summed E-state index contributed by atoms with van der Waals surface area (Å²) in [6, 6.07) is 6.49. The van der Waals surface area contributed by atoms with Crippen molar-refractivity contribution in [3.63, 3.8) is 0 Å². The minimum Gasteiger partial charge on any atom is -0.376 e. The number of benzene rings is 1. The average molecular weight is 331 g/mol. The number of amides is 1. The molecule has 0 radical (unpaired) electrons. The third-order valence-electron chi connectivity index (χ3n) is 4.41. The fourth-order valence-corrected chi connectivity index (χ4v) is 3.04. The predicted molar refractivity (Wildman–Crippen MR) is 88.7 cm³/mol. The van der Waals surface area contributed by atoms with Crippen molar-refractivity contribution in [3.05, 3.63) is 47.0 Å². The number of ether oxygens (including phenoxy) is 1. The SMILES string of the molecule is Cc1nn(-c2ccccc2F)c(C)c1CC(=O)NC[C@H]1CCCO1. The second-order valence-corrected chi connectivity index (χ2v) is 6.13. The van der Waals surface area contributed by atoms with Crippen molar-refractivity contribution in [1.82, 2.24) is 15.1 Å². The maximum Gasteiger partial charge on any atom is 0.224 e. The van der Waals surface area contributed by atoms with E-state index in [0.717, 1.165) is 36.4 Å². The van der Waals surface area contributed by atoms with Crippen LogP contribution in [0.4, 0.5) is 4.39 Å². The van der Waals surface area contributed by atoms with Gasteiger partial charge in [0.15, 0.2) is 0 Å². The molecule has 1 aromatic heterocycles. The monoisotopic (exact) mass is 331 g/mol. The van der Waals surface area contributed by atoms with Crippen LogP contribution in [0.1, 0.15) is 29.8 Å². The van der Waals surface area contributed by atoms with Gasteiger partial charge in [0.1, 0.15) is 11.5 Å². The second kappa shape index (κ2) is 7.13. The van der Waals surface area contributed by atoms with Crippen molar-refractivity contribution in [3.8, 4) is 5.69 Å². The van der Waals surface area contributed by atoms with E-state index >= 15 is 0 Å². The van der Waals surface area contributed by atoms with E-state index in [1.165, 1.54) is 6.07 Å². The molecule has 0 saturated carbocycles. The smallest absolute Gasteiger partial charge is 0.224 e. The maximum atomic E-state index is 14.0. The predicted octanol–water partition coefficient (Wildman–Crippen LogP) is 2.47. The van der Waals surface area contributed by atoms with Gasteiger partial charge >= 0.3 is 0 Å². The van der Waals surface area contributed by atoms with Gasteiger partial charge in [0.25, 0.3) is 0 Å². The lowest BCUT2D eigenvalue weighted by Gasteiger charge is -2.11. The minimum atomic E-state index is -0.336. The van der Waals surface area contributed by atoms with Gasteiger partial charge in [0.05, 0.1) is 18.2 Å². The largest absolute Gasteiger partial charge is 0.376 e. The Hall–Kier alpha value is -2.21. The molecule has 1 aliphatic heterocycles. The van der Waals surface area contributed by atoms with E-state index in [9.17, 15) is 9.18 Å². The number of hydrogen-bond acceptors (Lipinski definition) is 3. The molecule has 1 atom stereocenters. The summed E-state index contributed by atoms with van der Waals surface area (Å²) >= 11 is 0. The van der Waals surface area contributed by atoms with Crippen molar-refractivity contribution < 1.29 is 13.9 Å². The van der Waals surface area contributed by atoms with Crippen LogP contribution in [-0.4, -0.2) is 34.9 Å². The molecule has 2 heterocycles. The Morgan fingerprint density at radius 3 is 2.92 bits per heavy atom.